The molecule has 0 radical (unpaired) electrons. The maximum Gasteiger partial charge on any atom is 0.322 e. The fraction of sp³-hybridized carbons (Fsp3) is 0.333. The zero-order chi connectivity index (χ0) is 15.4. The highest BCUT2D eigenvalue weighted by atomic mass is 16.5. The molecule has 0 saturated carbocycles. The maximum absolute atomic E-state index is 11.4. The van der Waals surface area contributed by atoms with E-state index in [2.05, 4.69) is 9.84 Å². The summed E-state index contributed by atoms with van der Waals surface area (Å²) in [5, 5.41) is 4.35. The number of ether oxygens (including phenoxy) is 2. The van der Waals surface area contributed by atoms with Gasteiger partial charge >= 0.3 is 5.97 Å². The topological polar surface area (TPSA) is 79.4 Å². The molecule has 0 spiro atoms. The van der Waals surface area contributed by atoms with Crippen LogP contribution >= 0.6 is 0 Å². The predicted molar refractivity (Wildman–Crippen MR) is 78.5 cm³/mol. The number of carbonyl (C=O) groups is 1. The Morgan fingerprint density at radius 3 is 2.57 bits per heavy atom. The van der Waals surface area contributed by atoms with Crippen LogP contribution < -0.4 is 10.5 Å². The van der Waals surface area contributed by atoms with Crippen molar-refractivity contribution in [3.63, 3.8) is 0 Å². The molecule has 1 atom stereocenters. The van der Waals surface area contributed by atoms with Crippen LogP contribution in [-0.4, -0.2) is 36.0 Å². The van der Waals surface area contributed by atoms with E-state index in [0.29, 0.717) is 6.42 Å². The number of aromatic nitrogens is 2. The Labute approximate surface area is 123 Å². The average Bonchev–Trinajstić information content (AvgIpc) is 2.87. The van der Waals surface area contributed by atoms with Crippen molar-refractivity contribution in [3.05, 3.63) is 41.7 Å². The quantitative estimate of drug-likeness (QED) is 0.838. The Bertz CT molecular complexity index is 620. The van der Waals surface area contributed by atoms with E-state index in [0.717, 1.165) is 22.7 Å². The van der Waals surface area contributed by atoms with Crippen molar-refractivity contribution in [3.8, 4) is 11.4 Å². The van der Waals surface area contributed by atoms with E-state index in [-0.39, 0.29) is 0 Å². The molecule has 0 fully saturated rings. The molecule has 21 heavy (non-hydrogen) atoms. The molecule has 1 heterocycles. The second-order valence-corrected chi connectivity index (χ2v) is 4.70. The number of nitrogens with two attached hydrogens (primary N) is 1. The van der Waals surface area contributed by atoms with Gasteiger partial charge in [-0.3, -0.25) is 4.79 Å². The Balaban J connectivity index is 2.21. The number of benzene rings is 1. The molecule has 0 bridgehead atoms. The minimum absolute atomic E-state index is 0.397. The summed E-state index contributed by atoms with van der Waals surface area (Å²) in [7, 11) is 2.95. The number of methoxy groups -OCH3 is 2. The van der Waals surface area contributed by atoms with Crippen LogP contribution in [0.2, 0.25) is 0 Å². The van der Waals surface area contributed by atoms with Gasteiger partial charge in [-0.2, -0.15) is 5.10 Å². The van der Waals surface area contributed by atoms with Gasteiger partial charge in [0.1, 0.15) is 11.8 Å². The van der Waals surface area contributed by atoms with Gasteiger partial charge < -0.3 is 15.2 Å². The molecule has 6 nitrogen and oxygen atoms in total. The lowest BCUT2D eigenvalue weighted by Crippen LogP contribution is -2.33. The molecule has 1 aromatic heterocycles. The van der Waals surface area contributed by atoms with E-state index >= 15 is 0 Å². The van der Waals surface area contributed by atoms with Crippen LogP contribution in [0.15, 0.2) is 30.5 Å². The molecular weight excluding hydrogens is 270 g/mol. The number of hydrogen-bond acceptors (Lipinski definition) is 5. The lowest BCUT2D eigenvalue weighted by Gasteiger charge is -2.09. The Kier molecular flexibility index (Phi) is 4.59. The zero-order valence-corrected chi connectivity index (χ0v) is 12.4. The second kappa shape index (κ2) is 6.41. The van der Waals surface area contributed by atoms with E-state index in [1.54, 1.807) is 18.0 Å². The van der Waals surface area contributed by atoms with Gasteiger partial charge in [0.15, 0.2) is 0 Å². The van der Waals surface area contributed by atoms with Crippen LogP contribution in [0.4, 0.5) is 0 Å². The van der Waals surface area contributed by atoms with E-state index in [4.69, 9.17) is 10.5 Å². The third kappa shape index (κ3) is 3.22. The van der Waals surface area contributed by atoms with E-state index in [1.807, 2.05) is 31.2 Å². The first-order chi connectivity index (χ1) is 10.1. The number of esters is 1. The van der Waals surface area contributed by atoms with E-state index in [1.165, 1.54) is 7.11 Å². The molecule has 2 rings (SSSR count). The van der Waals surface area contributed by atoms with Crippen molar-refractivity contribution < 1.29 is 14.3 Å². The van der Waals surface area contributed by atoms with Crippen molar-refractivity contribution >= 4 is 5.97 Å². The summed E-state index contributed by atoms with van der Waals surface area (Å²) in [6.45, 7) is 1.94. The molecule has 2 aromatic rings. The van der Waals surface area contributed by atoms with Crippen molar-refractivity contribution in [1.29, 1.82) is 0 Å². The Morgan fingerprint density at radius 1 is 1.33 bits per heavy atom. The summed E-state index contributed by atoms with van der Waals surface area (Å²) in [6.07, 6.45) is 2.12. The number of rotatable bonds is 5. The number of nitrogens with zero attached hydrogens (tertiary/aromatic N) is 2. The van der Waals surface area contributed by atoms with Crippen molar-refractivity contribution in [2.24, 2.45) is 5.73 Å². The third-order valence-corrected chi connectivity index (χ3v) is 3.37. The van der Waals surface area contributed by atoms with Crippen molar-refractivity contribution in [2.45, 2.75) is 19.4 Å². The van der Waals surface area contributed by atoms with E-state index in [9.17, 15) is 4.79 Å². The summed E-state index contributed by atoms with van der Waals surface area (Å²) in [5.41, 5.74) is 8.57. The first kappa shape index (κ1) is 15.1. The Hall–Kier alpha value is -2.34. The van der Waals surface area contributed by atoms with Crippen LogP contribution in [0.3, 0.4) is 0 Å². The molecule has 112 valence electrons. The summed E-state index contributed by atoms with van der Waals surface area (Å²) >= 11 is 0. The minimum Gasteiger partial charge on any atom is -0.497 e. The molecule has 6 heteroatoms. The van der Waals surface area contributed by atoms with Crippen LogP contribution in [-0.2, 0) is 16.0 Å². The van der Waals surface area contributed by atoms with Crippen LogP contribution in [0.5, 0.6) is 5.75 Å². The molecule has 0 aliphatic carbocycles. The van der Waals surface area contributed by atoms with Gasteiger partial charge in [0.2, 0.25) is 0 Å². The fourth-order valence-corrected chi connectivity index (χ4v) is 2.10. The van der Waals surface area contributed by atoms with Gasteiger partial charge in [0, 0.05) is 12.1 Å². The lowest BCUT2D eigenvalue weighted by atomic mass is 10.1. The highest BCUT2D eigenvalue weighted by Crippen LogP contribution is 2.18. The minimum atomic E-state index is -0.679. The standard InChI is InChI=1S/C15H19N3O3/c1-10-11(8-14(16)15(19)21-3)9-17-18(10)12-4-6-13(20-2)7-5-12/h4-7,9,14H,8,16H2,1-3H3. The summed E-state index contributed by atoms with van der Waals surface area (Å²) in [4.78, 5) is 11.4. The van der Waals surface area contributed by atoms with E-state index < -0.39 is 12.0 Å². The molecule has 1 unspecified atom stereocenters. The molecule has 0 amide bonds. The van der Waals surface area contributed by atoms with Crippen molar-refractivity contribution in [1.82, 2.24) is 9.78 Å². The lowest BCUT2D eigenvalue weighted by molar-refractivity contribution is -0.142. The van der Waals surface area contributed by atoms with Crippen LogP contribution in [0.1, 0.15) is 11.3 Å². The van der Waals surface area contributed by atoms with Gasteiger partial charge in [0.05, 0.1) is 26.1 Å². The second-order valence-electron chi connectivity index (χ2n) is 4.70. The van der Waals surface area contributed by atoms with Gasteiger partial charge in [-0.25, -0.2) is 4.68 Å². The molecule has 0 aliphatic rings. The van der Waals surface area contributed by atoms with Crippen LogP contribution in [0, 0.1) is 6.92 Å². The zero-order valence-electron chi connectivity index (χ0n) is 12.4. The first-order valence-corrected chi connectivity index (χ1v) is 6.58. The molecule has 0 saturated heterocycles. The fourth-order valence-electron chi connectivity index (χ4n) is 2.10. The summed E-state index contributed by atoms with van der Waals surface area (Å²) in [6, 6.07) is 6.90. The molecule has 2 N–H and O–H groups in total. The number of carbonyl (C=O) groups excluding carboxylic acids is 1. The van der Waals surface area contributed by atoms with Gasteiger partial charge in [-0.1, -0.05) is 0 Å². The van der Waals surface area contributed by atoms with Crippen molar-refractivity contribution in [2.75, 3.05) is 14.2 Å². The summed E-state index contributed by atoms with van der Waals surface area (Å²) < 4.78 is 11.6. The average molecular weight is 289 g/mol. The molecule has 0 aliphatic heterocycles. The molecule has 1 aromatic carbocycles. The number of hydrogen-bond donors (Lipinski definition) is 1. The van der Waals surface area contributed by atoms with Gasteiger partial charge in [-0.05, 0) is 36.8 Å². The Morgan fingerprint density at radius 2 is 2.00 bits per heavy atom. The van der Waals surface area contributed by atoms with Crippen LogP contribution in [0.25, 0.3) is 5.69 Å². The van der Waals surface area contributed by atoms with Gasteiger partial charge in [-0.15, -0.1) is 0 Å². The largest absolute Gasteiger partial charge is 0.497 e. The maximum atomic E-state index is 11.4. The first-order valence-electron chi connectivity index (χ1n) is 6.58. The predicted octanol–water partition coefficient (Wildman–Crippen LogP) is 1.23. The highest BCUT2D eigenvalue weighted by Gasteiger charge is 2.17. The SMILES string of the molecule is COC(=O)C(N)Cc1cnn(-c2ccc(OC)cc2)c1C. The monoisotopic (exact) mass is 289 g/mol. The molecular formula is C15H19N3O3. The third-order valence-electron chi connectivity index (χ3n) is 3.37. The van der Waals surface area contributed by atoms with Gasteiger partial charge in [0.25, 0.3) is 0 Å². The summed E-state index contributed by atoms with van der Waals surface area (Å²) in [5.74, 6) is 0.364. The normalized spacial score (nSPS) is 12.0. The highest BCUT2D eigenvalue weighted by molar-refractivity contribution is 5.75. The smallest absolute Gasteiger partial charge is 0.322 e.